The van der Waals surface area contributed by atoms with Gasteiger partial charge in [0.05, 0.1) is 25.0 Å². The average molecular weight is 353 g/mol. The van der Waals surface area contributed by atoms with Gasteiger partial charge in [-0.15, -0.1) is 0 Å². The predicted octanol–water partition coefficient (Wildman–Crippen LogP) is 4.04. The number of imidazole rings is 1. The number of nitrogens with one attached hydrogen (secondary N) is 1. The van der Waals surface area contributed by atoms with Crippen molar-refractivity contribution in [2.45, 2.75) is 20.3 Å². The van der Waals surface area contributed by atoms with Crippen molar-refractivity contribution in [3.05, 3.63) is 72.1 Å². The number of hydrogen-bond donors (Lipinski definition) is 1. The molecule has 0 saturated heterocycles. The number of hydrogen-bond acceptors (Lipinski definition) is 3. The van der Waals surface area contributed by atoms with E-state index in [9.17, 15) is 9.18 Å². The molecular weight excluding hydrogens is 333 g/mol. The minimum absolute atomic E-state index is 0.178. The first-order valence-electron chi connectivity index (χ1n) is 8.30. The molecule has 6 heteroatoms. The molecule has 1 amide bonds. The Morgan fingerprint density at radius 1 is 1.19 bits per heavy atom. The summed E-state index contributed by atoms with van der Waals surface area (Å²) in [5, 5.41) is 2.68. The maximum atomic E-state index is 14.2. The van der Waals surface area contributed by atoms with Gasteiger partial charge in [-0.3, -0.25) is 4.79 Å². The summed E-state index contributed by atoms with van der Waals surface area (Å²) in [4.78, 5) is 15.9. The van der Waals surface area contributed by atoms with Crippen LogP contribution in [0.25, 0.3) is 5.69 Å². The normalized spacial score (nSPS) is 10.6. The van der Waals surface area contributed by atoms with Crippen molar-refractivity contribution >= 4 is 11.6 Å². The Morgan fingerprint density at radius 2 is 1.96 bits per heavy atom. The van der Waals surface area contributed by atoms with Crippen LogP contribution in [0.4, 0.5) is 10.1 Å². The highest BCUT2D eigenvalue weighted by atomic mass is 19.1. The molecule has 0 fully saturated rings. The molecule has 5 nitrogen and oxygen atoms in total. The first-order valence-corrected chi connectivity index (χ1v) is 8.30. The van der Waals surface area contributed by atoms with Gasteiger partial charge < -0.3 is 14.6 Å². The molecule has 0 aliphatic carbocycles. The summed E-state index contributed by atoms with van der Waals surface area (Å²) in [6, 6.07) is 10.4. The molecule has 0 radical (unpaired) electrons. The molecule has 0 spiro atoms. The number of carbonyl (C=O) groups excluding carboxylic acids is 1. The Morgan fingerprint density at radius 3 is 2.62 bits per heavy atom. The van der Waals surface area contributed by atoms with E-state index >= 15 is 0 Å². The van der Waals surface area contributed by atoms with Gasteiger partial charge in [0.2, 0.25) is 5.91 Å². The highest BCUT2D eigenvalue weighted by Crippen LogP contribution is 2.19. The zero-order valence-corrected chi connectivity index (χ0v) is 14.7. The van der Waals surface area contributed by atoms with Crippen LogP contribution in [0.5, 0.6) is 5.75 Å². The van der Waals surface area contributed by atoms with E-state index in [1.165, 1.54) is 12.4 Å². The van der Waals surface area contributed by atoms with Gasteiger partial charge in [-0.1, -0.05) is 6.07 Å². The Labute approximate surface area is 151 Å². The number of benzene rings is 2. The van der Waals surface area contributed by atoms with Gasteiger partial charge in [0.15, 0.2) is 0 Å². The number of aromatic nitrogens is 2. The Kier molecular flexibility index (Phi) is 5.31. The van der Waals surface area contributed by atoms with E-state index in [4.69, 9.17) is 4.74 Å². The SMILES string of the molecule is Cc1cc(C)cc(OCCC(=O)Nc2ccc(-n3ccnc3)c(F)c2)c1. The molecule has 0 saturated carbocycles. The first-order chi connectivity index (χ1) is 12.5. The van der Waals surface area contributed by atoms with Gasteiger partial charge in [-0.2, -0.15) is 0 Å². The summed E-state index contributed by atoms with van der Waals surface area (Å²) in [5.74, 6) is 0.0717. The fraction of sp³-hybridized carbons (Fsp3) is 0.200. The summed E-state index contributed by atoms with van der Waals surface area (Å²) < 4.78 is 21.4. The molecule has 0 bridgehead atoms. The molecule has 1 aromatic heterocycles. The number of ether oxygens (including phenoxy) is 1. The Balaban J connectivity index is 1.54. The van der Waals surface area contributed by atoms with Crippen LogP contribution in [0.2, 0.25) is 0 Å². The van der Waals surface area contributed by atoms with Crippen LogP contribution < -0.4 is 10.1 Å². The zero-order valence-electron chi connectivity index (χ0n) is 14.7. The summed E-state index contributed by atoms with van der Waals surface area (Å²) in [6.45, 7) is 4.24. The highest BCUT2D eigenvalue weighted by Gasteiger charge is 2.08. The number of rotatable bonds is 6. The number of aryl methyl sites for hydroxylation is 2. The minimum Gasteiger partial charge on any atom is -0.493 e. The second-order valence-electron chi connectivity index (χ2n) is 6.11. The lowest BCUT2D eigenvalue weighted by Gasteiger charge is -2.10. The monoisotopic (exact) mass is 353 g/mol. The van der Waals surface area contributed by atoms with Crippen molar-refractivity contribution in [3.8, 4) is 11.4 Å². The van der Waals surface area contributed by atoms with Crippen LogP contribution >= 0.6 is 0 Å². The van der Waals surface area contributed by atoms with Gasteiger partial charge in [0.1, 0.15) is 11.6 Å². The number of nitrogens with zero attached hydrogens (tertiary/aromatic N) is 2. The molecule has 0 aliphatic heterocycles. The smallest absolute Gasteiger partial charge is 0.227 e. The Hall–Kier alpha value is -3.15. The van der Waals surface area contributed by atoms with E-state index in [0.29, 0.717) is 11.4 Å². The van der Waals surface area contributed by atoms with Crippen LogP contribution in [-0.2, 0) is 4.79 Å². The molecule has 0 atom stereocenters. The van der Waals surface area contributed by atoms with Crippen molar-refractivity contribution in [3.63, 3.8) is 0 Å². The molecule has 134 valence electrons. The lowest BCUT2D eigenvalue weighted by atomic mass is 10.1. The third-order valence-electron chi connectivity index (χ3n) is 3.81. The zero-order chi connectivity index (χ0) is 18.5. The molecule has 1 N–H and O–H groups in total. The lowest BCUT2D eigenvalue weighted by Crippen LogP contribution is -2.15. The molecule has 3 rings (SSSR count). The van der Waals surface area contributed by atoms with Gasteiger partial charge >= 0.3 is 0 Å². The van der Waals surface area contributed by atoms with Crippen LogP contribution in [0, 0.1) is 19.7 Å². The van der Waals surface area contributed by atoms with Gasteiger partial charge in [0, 0.05) is 18.1 Å². The van der Waals surface area contributed by atoms with Gasteiger partial charge in [-0.25, -0.2) is 9.37 Å². The third-order valence-corrected chi connectivity index (χ3v) is 3.81. The molecular formula is C20H20FN3O2. The fourth-order valence-corrected chi connectivity index (χ4v) is 2.70. The van der Waals surface area contributed by atoms with E-state index in [1.807, 2.05) is 26.0 Å². The van der Waals surface area contributed by atoms with Crippen molar-refractivity contribution in [2.24, 2.45) is 0 Å². The molecule has 26 heavy (non-hydrogen) atoms. The molecule has 3 aromatic rings. The topological polar surface area (TPSA) is 56.1 Å². The maximum Gasteiger partial charge on any atom is 0.227 e. The molecule has 0 unspecified atom stereocenters. The van der Waals surface area contributed by atoms with E-state index in [2.05, 4.69) is 16.4 Å². The largest absolute Gasteiger partial charge is 0.493 e. The molecule has 2 aromatic carbocycles. The number of halogens is 1. The van der Waals surface area contributed by atoms with Crippen LogP contribution in [0.15, 0.2) is 55.1 Å². The summed E-state index contributed by atoms with van der Waals surface area (Å²) in [5.41, 5.74) is 3.00. The van der Waals surface area contributed by atoms with Crippen molar-refractivity contribution < 1.29 is 13.9 Å². The van der Waals surface area contributed by atoms with Crippen LogP contribution in [0.1, 0.15) is 17.5 Å². The minimum atomic E-state index is -0.438. The quantitative estimate of drug-likeness (QED) is 0.728. The molecule has 0 aliphatic rings. The van der Waals surface area contributed by atoms with Crippen LogP contribution in [0.3, 0.4) is 0 Å². The average Bonchev–Trinajstić information content (AvgIpc) is 3.08. The van der Waals surface area contributed by atoms with E-state index in [-0.39, 0.29) is 18.9 Å². The predicted molar refractivity (Wildman–Crippen MR) is 98.2 cm³/mol. The number of anilines is 1. The van der Waals surface area contributed by atoms with E-state index in [0.717, 1.165) is 16.9 Å². The maximum absolute atomic E-state index is 14.2. The second-order valence-corrected chi connectivity index (χ2v) is 6.11. The summed E-state index contributed by atoms with van der Waals surface area (Å²) >= 11 is 0. The van der Waals surface area contributed by atoms with Crippen molar-refractivity contribution in [1.29, 1.82) is 0 Å². The van der Waals surface area contributed by atoms with Crippen molar-refractivity contribution in [2.75, 3.05) is 11.9 Å². The van der Waals surface area contributed by atoms with Gasteiger partial charge in [0.25, 0.3) is 0 Å². The number of amides is 1. The standard InChI is InChI=1S/C20H20FN3O2/c1-14-9-15(2)11-17(10-14)26-8-5-20(25)23-16-3-4-19(18(21)12-16)24-7-6-22-13-24/h3-4,6-7,9-13H,5,8H2,1-2H3,(H,23,25). The first kappa shape index (κ1) is 17.7. The fourth-order valence-electron chi connectivity index (χ4n) is 2.70. The molecule has 1 heterocycles. The van der Waals surface area contributed by atoms with E-state index < -0.39 is 5.82 Å². The summed E-state index contributed by atoms with van der Waals surface area (Å²) in [6.07, 6.45) is 4.92. The van der Waals surface area contributed by atoms with E-state index in [1.54, 1.807) is 29.1 Å². The number of carbonyl (C=O) groups is 1. The second kappa shape index (κ2) is 7.82. The van der Waals surface area contributed by atoms with Gasteiger partial charge in [-0.05, 0) is 55.3 Å². The summed E-state index contributed by atoms with van der Waals surface area (Å²) in [7, 11) is 0. The van der Waals surface area contributed by atoms with Crippen molar-refractivity contribution in [1.82, 2.24) is 9.55 Å². The highest BCUT2D eigenvalue weighted by molar-refractivity contribution is 5.90. The lowest BCUT2D eigenvalue weighted by molar-refractivity contribution is -0.116. The third kappa shape index (κ3) is 4.47. The Bertz CT molecular complexity index is 887. The van der Waals surface area contributed by atoms with Crippen LogP contribution in [-0.4, -0.2) is 22.1 Å².